The van der Waals surface area contributed by atoms with Crippen LogP contribution in [0.1, 0.15) is 66.1 Å². The lowest BCUT2D eigenvalue weighted by atomic mass is 9.84. The third-order valence-electron chi connectivity index (χ3n) is 7.33. The number of thioether (sulfide) groups is 1. The molecule has 2 heterocycles. The fourth-order valence-corrected chi connectivity index (χ4v) is 6.68. The normalized spacial score (nSPS) is 18.1. The van der Waals surface area contributed by atoms with Gasteiger partial charge >= 0.3 is 0 Å². The highest BCUT2D eigenvalue weighted by Gasteiger charge is 2.32. The van der Waals surface area contributed by atoms with Crippen LogP contribution in [0.2, 0.25) is 0 Å². The number of amides is 1. The van der Waals surface area contributed by atoms with E-state index >= 15 is 0 Å². The van der Waals surface area contributed by atoms with E-state index in [1.54, 1.807) is 4.90 Å². The zero-order valence-electron chi connectivity index (χ0n) is 20.5. The number of hydrogen-bond donors (Lipinski definition) is 0. The van der Waals surface area contributed by atoms with Crippen molar-refractivity contribution in [2.75, 3.05) is 6.54 Å². The average molecular weight is 501 g/mol. The lowest BCUT2D eigenvalue weighted by Crippen LogP contribution is -2.30. The van der Waals surface area contributed by atoms with E-state index in [9.17, 15) is 4.79 Å². The molecule has 2 aromatic carbocycles. The monoisotopic (exact) mass is 500 g/mol. The maximum Gasteiger partial charge on any atom is 0.266 e. The van der Waals surface area contributed by atoms with Gasteiger partial charge in [-0.15, -0.1) is 0 Å². The molecule has 1 aromatic heterocycles. The highest BCUT2D eigenvalue weighted by molar-refractivity contribution is 8.26. The van der Waals surface area contributed by atoms with Gasteiger partial charge in [-0.3, -0.25) is 9.69 Å². The fourth-order valence-electron chi connectivity index (χ4n) is 5.38. The maximum atomic E-state index is 13.1. The Kier molecular flexibility index (Phi) is 7.26. The summed E-state index contributed by atoms with van der Waals surface area (Å²) in [5, 5.41) is 0. The van der Waals surface area contributed by atoms with Crippen LogP contribution in [0.3, 0.4) is 0 Å². The number of benzene rings is 2. The summed E-state index contributed by atoms with van der Waals surface area (Å²) in [7, 11) is 0. The van der Waals surface area contributed by atoms with Crippen LogP contribution >= 0.6 is 24.0 Å². The van der Waals surface area contributed by atoms with Crippen LogP contribution in [0, 0.1) is 13.8 Å². The molecule has 1 amide bonds. The Hall–Kier alpha value is -2.63. The van der Waals surface area contributed by atoms with Gasteiger partial charge in [0.2, 0.25) is 0 Å². The molecule has 0 unspecified atom stereocenters. The SMILES string of the molecule is Cc1cc(/C=C2\SC(=S)N(CCc3ccccc3)C2=O)c(C)n1-c1ccc(C2CCCCC2)cc1. The van der Waals surface area contributed by atoms with E-state index in [0.29, 0.717) is 21.7 Å². The van der Waals surface area contributed by atoms with Crippen molar-refractivity contribution >= 4 is 40.3 Å². The van der Waals surface area contributed by atoms with Crippen molar-refractivity contribution < 1.29 is 4.79 Å². The summed E-state index contributed by atoms with van der Waals surface area (Å²) >= 11 is 6.96. The third-order valence-corrected chi connectivity index (χ3v) is 8.70. The molecule has 3 aromatic rings. The summed E-state index contributed by atoms with van der Waals surface area (Å²) in [5.74, 6) is 0.724. The van der Waals surface area contributed by atoms with Crippen molar-refractivity contribution in [1.29, 1.82) is 0 Å². The second-order valence-corrected chi connectivity index (χ2v) is 11.3. The zero-order chi connectivity index (χ0) is 24.4. The topological polar surface area (TPSA) is 25.2 Å². The van der Waals surface area contributed by atoms with Crippen molar-refractivity contribution in [3.8, 4) is 5.69 Å². The molecule has 1 aliphatic carbocycles. The van der Waals surface area contributed by atoms with Crippen LogP contribution in [-0.2, 0) is 11.2 Å². The minimum Gasteiger partial charge on any atom is -0.318 e. The van der Waals surface area contributed by atoms with Crippen molar-refractivity contribution in [1.82, 2.24) is 9.47 Å². The van der Waals surface area contributed by atoms with Gasteiger partial charge in [0.05, 0.1) is 4.91 Å². The number of aromatic nitrogens is 1. The molecule has 0 bridgehead atoms. The van der Waals surface area contributed by atoms with Crippen LogP contribution in [-0.4, -0.2) is 26.2 Å². The quantitative estimate of drug-likeness (QED) is 0.258. The van der Waals surface area contributed by atoms with Crippen LogP contribution in [0.4, 0.5) is 0 Å². The maximum absolute atomic E-state index is 13.1. The van der Waals surface area contributed by atoms with Gasteiger partial charge in [0.15, 0.2) is 0 Å². The summed E-state index contributed by atoms with van der Waals surface area (Å²) in [6.07, 6.45) is 9.52. The second-order valence-electron chi connectivity index (χ2n) is 9.66. The van der Waals surface area contributed by atoms with Crippen molar-refractivity contribution in [3.63, 3.8) is 0 Å². The van der Waals surface area contributed by atoms with Gasteiger partial charge in [0.1, 0.15) is 4.32 Å². The predicted octanol–water partition coefficient (Wildman–Crippen LogP) is 7.59. The lowest BCUT2D eigenvalue weighted by molar-refractivity contribution is -0.122. The van der Waals surface area contributed by atoms with E-state index in [4.69, 9.17) is 12.2 Å². The van der Waals surface area contributed by atoms with Crippen molar-refractivity contribution in [2.24, 2.45) is 0 Å². The molecule has 5 rings (SSSR count). The average Bonchev–Trinajstić information content (AvgIpc) is 3.32. The summed E-state index contributed by atoms with van der Waals surface area (Å²) < 4.78 is 2.93. The van der Waals surface area contributed by atoms with E-state index in [2.05, 4.69) is 60.9 Å². The molecule has 2 fully saturated rings. The van der Waals surface area contributed by atoms with Crippen LogP contribution in [0.25, 0.3) is 11.8 Å². The first kappa shape index (κ1) is 24.1. The van der Waals surface area contributed by atoms with E-state index in [1.807, 2.05) is 24.3 Å². The minimum atomic E-state index is 0.0116. The van der Waals surface area contributed by atoms with Gasteiger partial charge in [0, 0.05) is 23.6 Å². The molecule has 0 N–H and O–H groups in total. The molecule has 1 aliphatic heterocycles. The van der Waals surface area contributed by atoms with Crippen molar-refractivity contribution in [2.45, 2.75) is 58.3 Å². The zero-order valence-corrected chi connectivity index (χ0v) is 22.1. The van der Waals surface area contributed by atoms with E-state index in [1.165, 1.54) is 66.4 Å². The van der Waals surface area contributed by atoms with Gasteiger partial charge < -0.3 is 4.57 Å². The third kappa shape index (κ3) is 5.17. The minimum absolute atomic E-state index is 0.0116. The Bertz CT molecular complexity index is 1250. The number of carbonyl (C=O) groups is 1. The standard InChI is InChI=1S/C30H32N2OS2/c1-21-19-26(20-28-29(33)31(30(34)35-28)18-17-23-9-5-3-6-10-23)22(2)32(21)27-15-13-25(14-16-27)24-11-7-4-8-12-24/h3,5-6,9-10,13-16,19-20,24H,4,7-8,11-12,17-18H2,1-2H3/b28-20-. The molecule has 1 saturated heterocycles. The molecular formula is C30H32N2OS2. The largest absolute Gasteiger partial charge is 0.318 e. The highest BCUT2D eigenvalue weighted by Crippen LogP contribution is 2.35. The summed E-state index contributed by atoms with van der Waals surface area (Å²) in [5.41, 5.74) is 7.23. The molecule has 180 valence electrons. The lowest BCUT2D eigenvalue weighted by Gasteiger charge is -2.22. The molecule has 1 saturated carbocycles. The molecule has 3 nitrogen and oxygen atoms in total. The highest BCUT2D eigenvalue weighted by atomic mass is 32.2. The first-order chi connectivity index (χ1) is 17.0. The molecule has 5 heteroatoms. The Morgan fingerprint density at radius 1 is 1.00 bits per heavy atom. The number of rotatable bonds is 6. The molecule has 0 atom stereocenters. The first-order valence-electron chi connectivity index (χ1n) is 12.6. The second kappa shape index (κ2) is 10.5. The van der Waals surface area contributed by atoms with E-state index in [0.717, 1.165) is 17.7 Å². The Morgan fingerprint density at radius 3 is 2.43 bits per heavy atom. The van der Waals surface area contributed by atoms with Gasteiger partial charge in [0.25, 0.3) is 5.91 Å². The number of carbonyl (C=O) groups excluding carboxylic acids is 1. The van der Waals surface area contributed by atoms with Gasteiger partial charge in [-0.2, -0.15) is 0 Å². The van der Waals surface area contributed by atoms with E-state index in [-0.39, 0.29) is 5.91 Å². The number of thiocarbonyl (C=S) groups is 1. The molecule has 35 heavy (non-hydrogen) atoms. The first-order valence-corrected chi connectivity index (χ1v) is 13.8. The number of hydrogen-bond acceptors (Lipinski definition) is 3. The molecule has 2 aliphatic rings. The van der Waals surface area contributed by atoms with Crippen LogP contribution in [0.15, 0.2) is 65.6 Å². The number of aryl methyl sites for hydroxylation is 1. The Labute approximate surface area is 218 Å². The summed E-state index contributed by atoms with van der Waals surface area (Å²) in [6.45, 7) is 4.87. The van der Waals surface area contributed by atoms with E-state index < -0.39 is 0 Å². The molecular weight excluding hydrogens is 468 g/mol. The Morgan fingerprint density at radius 2 is 1.71 bits per heavy atom. The van der Waals surface area contributed by atoms with Gasteiger partial charge in [-0.1, -0.05) is 85.7 Å². The van der Waals surface area contributed by atoms with Gasteiger partial charge in [-0.25, -0.2) is 0 Å². The van der Waals surface area contributed by atoms with Crippen LogP contribution < -0.4 is 0 Å². The van der Waals surface area contributed by atoms with Gasteiger partial charge in [-0.05, 0) is 80.0 Å². The van der Waals surface area contributed by atoms with Crippen LogP contribution in [0.5, 0.6) is 0 Å². The predicted molar refractivity (Wildman–Crippen MR) is 151 cm³/mol. The molecule has 0 spiro atoms. The number of nitrogens with zero attached hydrogens (tertiary/aromatic N) is 2. The Balaban J connectivity index is 1.33. The summed E-state index contributed by atoms with van der Waals surface area (Å²) in [4.78, 5) is 15.6. The van der Waals surface area contributed by atoms with Crippen molar-refractivity contribution in [3.05, 3.63) is 93.6 Å². The smallest absolute Gasteiger partial charge is 0.266 e. The fraction of sp³-hybridized carbons (Fsp3) is 0.333. The molecule has 0 radical (unpaired) electrons. The summed E-state index contributed by atoms with van der Waals surface area (Å²) in [6, 6.07) is 21.5.